The minimum Gasteiger partial charge on any atom is -0.314 e. The molecule has 2 fully saturated rings. The van der Waals surface area contributed by atoms with Crippen LogP contribution < -0.4 is 5.32 Å². The lowest BCUT2D eigenvalue weighted by Gasteiger charge is -2.38. The van der Waals surface area contributed by atoms with Gasteiger partial charge in [-0.1, -0.05) is 6.92 Å². The van der Waals surface area contributed by atoms with Crippen LogP contribution in [0.3, 0.4) is 0 Å². The van der Waals surface area contributed by atoms with Gasteiger partial charge in [-0.15, -0.1) is 0 Å². The van der Waals surface area contributed by atoms with E-state index in [1.54, 1.807) is 0 Å². The molecule has 0 spiro atoms. The van der Waals surface area contributed by atoms with Crippen LogP contribution in [-0.2, 0) is 0 Å². The van der Waals surface area contributed by atoms with E-state index in [0.29, 0.717) is 0 Å². The summed E-state index contributed by atoms with van der Waals surface area (Å²) in [6.45, 7) is 12.2. The third kappa shape index (κ3) is 5.03. The number of hydrogen-bond donors (Lipinski definition) is 1. The molecule has 112 valence electrons. The molecule has 4 heteroatoms. The second-order valence-electron chi connectivity index (χ2n) is 6.65. The van der Waals surface area contributed by atoms with Crippen molar-refractivity contribution in [2.24, 2.45) is 5.92 Å². The Bertz CT molecular complexity index is 253. The molecule has 1 N–H and O–H groups in total. The van der Waals surface area contributed by atoms with Gasteiger partial charge in [-0.25, -0.2) is 0 Å². The smallest absolute Gasteiger partial charge is 0.0220 e. The molecule has 0 aromatic carbocycles. The number of hydrogen-bond acceptors (Lipinski definition) is 4. The van der Waals surface area contributed by atoms with Crippen molar-refractivity contribution in [3.05, 3.63) is 0 Å². The fourth-order valence-corrected chi connectivity index (χ4v) is 3.53. The van der Waals surface area contributed by atoms with Gasteiger partial charge in [0.2, 0.25) is 0 Å². The van der Waals surface area contributed by atoms with Gasteiger partial charge in [0.25, 0.3) is 0 Å². The van der Waals surface area contributed by atoms with Gasteiger partial charge in [-0.3, -0.25) is 0 Å². The summed E-state index contributed by atoms with van der Waals surface area (Å²) >= 11 is 0. The zero-order valence-electron chi connectivity index (χ0n) is 13.1. The number of piperidine rings is 1. The second kappa shape index (κ2) is 7.58. The van der Waals surface area contributed by atoms with E-state index in [1.807, 2.05) is 0 Å². The molecule has 2 saturated heterocycles. The minimum atomic E-state index is 0.768. The number of likely N-dealkylation sites (tertiary alicyclic amines) is 1. The van der Waals surface area contributed by atoms with Crippen molar-refractivity contribution in [2.45, 2.75) is 25.8 Å². The largest absolute Gasteiger partial charge is 0.314 e. The van der Waals surface area contributed by atoms with E-state index in [9.17, 15) is 0 Å². The molecule has 0 radical (unpaired) electrons. The summed E-state index contributed by atoms with van der Waals surface area (Å²) in [5, 5.41) is 3.43. The summed E-state index contributed by atoms with van der Waals surface area (Å²) in [5.74, 6) is 0.773. The first-order valence-electron chi connectivity index (χ1n) is 7.97. The molecule has 2 aliphatic heterocycles. The fourth-order valence-electron chi connectivity index (χ4n) is 3.53. The monoisotopic (exact) mass is 268 g/mol. The highest BCUT2D eigenvalue weighted by molar-refractivity contribution is 4.79. The van der Waals surface area contributed by atoms with Crippen LogP contribution in [0.4, 0.5) is 0 Å². The number of piperazine rings is 1. The van der Waals surface area contributed by atoms with Crippen LogP contribution in [0.5, 0.6) is 0 Å². The van der Waals surface area contributed by atoms with E-state index >= 15 is 0 Å². The lowest BCUT2D eigenvalue weighted by Crippen LogP contribution is -2.49. The lowest BCUT2D eigenvalue weighted by molar-refractivity contribution is 0.110. The molecule has 0 aromatic rings. The van der Waals surface area contributed by atoms with Crippen molar-refractivity contribution in [3.8, 4) is 0 Å². The van der Waals surface area contributed by atoms with Crippen molar-refractivity contribution in [3.63, 3.8) is 0 Å². The van der Waals surface area contributed by atoms with E-state index < -0.39 is 0 Å². The van der Waals surface area contributed by atoms with Crippen LogP contribution in [-0.4, -0.2) is 87.2 Å². The number of rotatable bonds is 5. The molecule has 2 atom stereocenters. The zero-order chi connectivity index (χ0) is 13.7. The summed E-state index contributed by atoms with van der Waals surface area (Å²) in [5.41, 5.74) is 0. The van der Waals surface area contributed by atoms with E-state index in [1.165, 1.54) is 52.1 Å². The highest BCUT2D eigenvalue weighted by atomic mass is 15.2. The van der Waals surface area contributed by atoms with Crippen LogP contribution >= 0.6 is 0 Å². The Balaban J connectivity index is 1.69. The molecule has 2 heterocycles. The third-order valence-electron chi connectivity index (χ3n) is 4.60. The van der Waals surface area contributed by atoms with Gasteiger partial charge in [-0.05, 0) is 39.4 Å². The van der Waals surface area contributed by atoms with Gasteiger partial charge in [0.1, 0.15) is 0 Å². The number of nitrogens with one attached hydrogen (secondary N) is 1. The van der Waals surface area contributed by atoms with Crippen molar-refractivity contribution < 1.29 is 0 Å². The van der Waals surface area contributed by atoms with Crippen molar-refractivity contribution in [2.75, 3.05) is 66.5 Å². The van der Waals surface area contributed by atoms with Crippen LogP contribution in [0.1, 0.15) is 19.8 Å². The Morgan fingerprint density at radius 2 is 2.00 bits per heavy atom. The van der Waals surface area contributed by atoms with Gasteiger partial charge in [0.15, 0.2) is 0 Å². The van der Waals surface area contributed by atoms with Gasteiger partial charge in [0, 0.05) is 51.9 Å². The van der Waals surface area contributed by atoms with E-state index in [0.717, 1.165) is 25.0 Å². The SMILES string of the molecule is CC(CN1CCNCC1)CN(C)C1CCCN(C)C1. The first-order chi connectivity index (χ1) is 9.15. The topological polar surface area (TPSA) is 21.8 Å². The van der Waals surface area contributed by atoms with E-state index in [4.69, 9.17) is 0 Å². The van der Waals surface area contributed by atoms with Crippen molar-refractivity contribution in [1.82, 2.24) is 20.0 Å². The maximum atomic E-state index is 3.43. The molecule has 2 unspecified atom stereocenters. The molecule has 4 nitrogen and oxygen atoms in total. The summed E-state index contributed by atoms with van der Waals surface area (Å²) < 4.78 is 0. The van der Waals surface area contributed by atoms with Crippen LogP contribution in [0.2, 0.25) is 0 Å². The Morgan fingerprint density at radius 3 is 2.68 bits per heavy atom. The molecule has 0 aromatic heterocycles. The first-order valence-corrected chi connectivity index (χ1v) is 7.97. The highest BCUT2D eigenvalue weighted by Crippen LogP contribution is 2.15. The molecule has 2 rings (SSSR count). The van der Waals surface area contributed by atoms with Crippen molar-refractivity contribution in [1.29, 1.82) is 0 Å². The quantitative estimate of drug-likeness (QED) is 0.786. The van der Waals surface area contributed by atoms with E-state index in [-0.39, 0.29) is 0 Å². The molecule has 0 aliphatic carbocycles. The molecule has 0 amide bonds. The van der Waals surface area contributed by atoms with Crippen LogP contribution in [0, 0.1) is 5.92 Å². The lowest BCUT2D eigenvalue weighted by atomic mass is 10.0. The highest BCUT2D eigenvalue weighted by Gasteiger charge is 2.22. The molecular weight excluding hydrogens is 236 g/mol. The summed E-state index contributed by atoms with van der Waals surface area (Å²) in [4.78, 5) is 7.69. The van der Waals surface area contributed by atoms with Gasteiger partial charge < -0.3 is 20.0 Å². The summed E-state index contributed by atoms with van der Waals surface area (Å²) in [7, 11) is 4.57. The Kier molecular flexibility index (Phi) is 6.07. The van der Waals surface area contributed by atoms with Gasteiger partial charge >= 0.3 is 0 Å². The molecule has 19 heavy (non-hydrogen) atoms. The maximum absolute atomic E-state index is 3.43. The number of nitrogens with zero attached hydrogens (tertiary/aromatic N) is 3. The predicted octanol–water partition coefficient (Wildman–Crippen LogP) is 0.554. The predicted molar refractivity (Wildman–Crippen MR) is 81.6 cm³/mol. The average molecular weight is 268 g/mol. The minimum absolute atomic E-state index is 0.768. The normalized spacial score (nSPS) is 28.7. The van der Waals surface area contributed by atoms with E-state index in [2.05, 4.69) is 41.0 Å². The Morgan fingerprint density at radius 1 is 1.26 bits per heavy atom. The summed E-state index contributed by atoms with van der Waals surface area (Å²) in [6.07, 6.45) is 2.73. The van der Waals surface area contributed by atoms with Crippen molar-refractivity contribution >= 4 is 0 Å². The second-order valence-corrected chi connectivity index (χ2v) is 6.65. The molecule has 0 bridgehead atoms. The van der Waals surface area contributed by atoms with Crippen LogP contribution in [0.25, 0.3) is 0 Å². The Hall–Kier alpha value is -0.160. The van der Waals surface area contributed by atoms with Crippen LogP contribution in [0.15, 0.2) is 0 Å². The third-order valence-corrected chi connectivity index (χ3v) is 4.60. The fraction of sp³-hybridized carbons (Fsp3) is 1.00. The molecule has 2 aliphatic rings. The van der Waals surface area contributed by atoms with Gasteiger partial charge in [0.05, 0.1) is 0 Å². The zero-order valence-corrected chi connectivity index (χ0v) is 13.1. The summed E-state index contributed by atoms with van der Waals surface area (Å²) in [6, 6.07) is 0.768. The molecular formula is C15H32N4. The standard InChI is InChI=1S/C15H32N4/c1-14(12-19-9-6-16-7-10-19)11-18(3)15-5-4-8-17(2)13-15/h14-16H,4-13H2,1-3H3. The Labute approximate surface area is 119 Å². The van der Waals surface area contributed by atoms with Gasteiger partial charge in [-0.2, -0.15) is 0 Å². The average Bonchev–Trinajstić information content (AvgIpc) is 2.39. The molecule has 0 saturated carbocycles. The maximum Gasteiger partial charge on any atom is 0.0220 e. The first kappa shape index (κ1) is 15.2. The number of likely N-dealkylation sites (N-methyl/N-ethyl adjacent to an activating group) is 2.